The highest BCUT2D eigenvalue weighted by Crippen LogP contribution is 2.33. The molecule has 2 aromatic rings. The SMILES string of the molecule is CCCc1nc(-c2ccccc2OCC)c(N)n1N. The van der Waals surface area contributed by atoms with Crippen molar-refractivity contribution >= 4 is 5.82 Å². The number of imidazole rings is 1. The van der Waals surface area contributed by atoms with E-state index in [0.29, 0.717) is 18.1 Å². The number of hydrogen-bond donors (Lipinski definition) is 2. The molecular weight excluding hydrogens is 240 g/mol. The topological polar surface area (TPSA) is 79.1 Å². The van der Waals surface area contributed by atoms with E-state index in [1.54, 1.807) is 0 Å². The molecule has 1 aromatic heterocycles. The van der Waals surface area contributed by atoms with Gasteiger partial charge in [-0.2, -0.15) is 0 Å². The molecule has 0 fully saturated rings. The maximum absolute atomic E-state index is 6.05. The Labute approximate surface area is 113 Å². The second-order valence-electron chi connectivity index (χ2n) is 4.31. The molecule has 0 unspecified atom stereocenters. The predicted molar refractivity (Wildman–Crippen MR) is 77.4 cm³/mol. The van der Waals surface area contributed by atoms with Crippen LogP contribution in [0.25, 0.3) is 11.3 Å². The van der Waals surface area contributed by atoms with Gasteiger partial charge in [0.05, 0.1) is 6.61 Å². The van der Waals surface area contributed by atoms with Crippen LogP contribution in [-0.4, -0.2) is 16.3 Å². The number of nitrogen functional groups attached to an aromatic ring is 2. The van der Waals surface area contributed by atoms with Crippen molar-refractivity contribution in [2.45, 2.75) is 26.7 Å². The number of anilines is 1. The van der Waals surface area contributed by atoms with Crippen molar-refractivity contribution in [3.05, 3.63) is 30.1 Å². The summed E-state index contributed by atoms with van der Waals surface area (Å²) in [4.78, 5) is 4.55. The quantitative estimate of drug-likeness (QED) is 0.808. The monoisotopic (exact) mass is 260 g/mol. The van der Waals surface area contributed by atoms with Crippen molar-refractivity contribution in [2.75, 3.05) is 18.2 Å². The summed E-state index contributed by atoms with van der Waals surface area (Å²) in [6, 6.07) is 7.72. The number of hydrogen-bond acceptors (Lipinski definition) is 4. The van der Waals surface area contributed by atoms with Crippen molar-refractivity contribution in [1.29, 1.82) is 0 Å². The highest BCUT2D eigenvalue weighted by Gasteiger charge is 2.17. The predicted octanol–water partition coefficient (Wildman–Crippen LogP) is 2.20. The Hall–Kier alpha value is -2.17. The van der Waals surface area contributed by atoms with Crippen LogP contribution in [0.2, 0.25) is 0 Å². The summed E-state index contributed by atoms with van der Waals surface area (Å²) in [5, 5.41) is 0. The van der Waals surface area contributed by atoms with Crippen LogP contribution in [0.4, 0.5) is 5.82 Å². The number of aromatic nitrogens is 2. The smallest absolute Gasteiger partial charge is 0.150 e. The molecule has 0 aliphatic carbocycles. The Bertz CT molecular complexity index is 563. The Morgan fingerprint density at radius 2 is 2.00 bits per heavy atom. The minimum Gasteiger partial charge on any atom is -0.493 e. The summed E-state index contributed by atoms with van der Waals surface area (Å²) in [5.74, 6) is 7.98. The first-order valence-corrected chi connectivity index (χ1v) is 6.53. The fourth-order valence-electron chi connectivity index (χ4n) is 2.04. The molecule has 0 amide bonds. The third-order valence-electron chi connectivity index (χ3n) is 2.94. The lowest BCUT2D eigenvalue weighted by Gasteiger charge is -2.08. The van der Waals surface area contributed by atoms with Crippen molar-refractivity contribution in [2.24, 2.45) is 0 Å². The first-order chi connectivity index (χ1) is 9.19. The zero-order valence-electron chi connectivity index (χ0n) is 11.4. The van der Waals surface area contributed by atoms with Gasteiger partial charge in [0, 0.05) is 12.0 Å². The average Bonchev–Trinajstić information content (AvgIpc) is 2.69. The number of rotatable bonds is 5. The van der Waals surface area contributed by atoms with E-state index >= 15 is 0 Å². The first-order valence-electron chi connectivity index (χ1n) is 6.53. The van der Waals surface area contributed by atoms with Gasteiger partial charge >= 0.3 is 0 Å². The summed E-state index contributed by atoms with van der Waals surface area (Å²) in [5.41, 5.74) is 7.62. The van der Waals surface area contributed by atoms with E-state index in [1.807, 2.05) is 31.2 Å². The number of benzene rings is 1. The minimum atomic E-state index is 0.468. The van der Waals surface area contributed by atoms with Gasteiger partial charge in [-0.3, -0.25) is 0 Å². The molecule has 0 atom stereocenters. The molecule has 0 aliphatic heterocycles. The van der Waals surface area contributed by atoms with Crippen LogP contribution >= 0.6 is 0 Å². The van der Waals surface area contributed by atoms with Gasteiger partial charge in [-0.15, -0.1) is 0 Å². The Morgan fingerprint density at radius 3 is 2.68 bits per heavy atom. The molecule has 5 nitrogen and oxygen atoms in total. The second-order valence-corrected chi connectivity index (χ2v) is 4.31. The molecule has 0 spiro atoms. The zero-order chi connectivity index (χ0) is 13.8. The van der Waals surface area contributed by atoms with Crippen LogP contribution in [0.5, 0.6) is 5.75 Å². The van der Waals surface area contributed by atoms with Crippen molar-refractivity contribution < 1.29 is 4.74 Å². The van der Waals surface area contributed by atoms with E-state index < -0.39 is 0 Å². The zero-order valence-corrected chi connectivity index (χ0v) is 11.4. The van der Waals surface area contributed by atoms with Gasteiger partial charge in [-0.1, -0.05) is 19.1 Å². The van der Waals surface area contributed by atoms with Crippen LogP contribution in [-0.2, 0) is 6.42 Å². The van der Waals surface area contributed by atoms with E-state index in [-0.39, 0.29) is 0 Å². The summed E-state index contributed by atoms with van der Waals surface area (Å²) in [7, 11) is 0. The summed E-state index contributed by atoms with van der Waals surface area (Å²) < 4.78 is 7.07. The first kappa shape index (κ1) is 13.3. The van der Waals surface area contributed by atoms with Gasteiger partial charge in [-0.25, -0.2) is 9.66 Å². The van der Waals surface area contributed by atoms with Crippen molar-refractivity contribution in [1.82, 2.24) is 9.66 Å². The van der Waals surface area contributed by atoms with E-state index in [9.17, 15) is 0 Å². The lowest BCUT2D eigenvalue weighted by Crippen LogP contribution is -2.15. The molecule has 1 heterocycles. The van der Waals surface area contributed by atoms with Gasteiger partial charge in [0.1, 0.15) is 17.3 Å². The van der Waals surface area contributed by atoms with E-state index in [2.05, 4.69) is 11.9 Å². The molecule has 102 valence electrons. The van der Waals surface area contributed by atoms with E-state index in [1.165, 1.54) is 4.68 Å². The maximum Gasteiger partial charge on any atom is 0.150 e. The fraction of sp³-hybridized carbons (Fsp3) is 0.357. The van der Waals surface area contributed by atoms with Gasteiger partial charge in [-0.05, 0) is 25.5 Å². The molecule has 1 aromatic carbocycles. The van der Waals surface area contributed by atoms with E-state index in [0.717, 1.165) is 30.0 Å². The normalized spacial score (nSPS) is 10.6. The molecule has 19 heavy (non-hydrogen) atoms. The molecule has 2 rings (SSSR count). The summed E-state index contributed by atoms with van der Waals surface area (Å²) in [6.45, 7) is 4.63. The third kappa shape index (κ3) is 2.50. The van der Waals surface area contributed by atoms with Crippen LogP contribution in [0.1, 0.15) is 26.1 Å². The lowest BCUT2D eigenvalue weighted by molar-refractivity contribution is 0.341. The number of aryl methyl sites for hydroxylation is 1. The number of nitrogens with zero attached hydrogens (tertiary/aromatic N) is 2. The maximum atomic E-state index is 6.05. The lowest BCUT2D eigenvalue weighted by atomic mass is 10.1. The minimum absolute atomic E-state index is 0.468. The van der Waals surface area contributed by atoms with Crippen LogP contribution in [0.15, 0.2) is 24.3 Å². The van der Waals surface area contributed by atoms with Crippen molar-refractivity contribution in [3.63, 3.8) is 0 Å². The van der Waals surface area contributed by atoms with Gasteiger partial charge < -0.3 is 16.3 Å². The molecule has 0 saturated carbocycles. The molecule has 0 aliphatic rings. The summed E-state index contributed by atoms with van der Waals surface area (Å²) in [6.07, 6.45) is 1.78. The van der Waals surface area contributed by atoms with Gasteiger partial charge in [0.2, 0.25) is 0 Å². The van der Waals surface area contributed by atoms with Crippen LogP contribution in [0.3, 0.4) is 0 Å². The standard InChI is InChI=1S/C14H20N4O/c1-3-7-12-17-13(14(15)18(12)16)10-8-5-6-9-11(10)19-4-2/h5-6,8-9H,3-4,7,15-16H2,1-2H3. The Balaban J connectivity index is 2.50. The Morgan fingerprint density at radius 1 is 1.26 bits per heavy atom. The molecule has 4 N–H and O–H groups in total. The van der Waals surface area contributed by atoms with Gasteiger partial charge in [0.25, 0.3) is 0 Å². The second kappa shape index (κ2) is 5.65. The van der Waals surface area contributed by atoms with E-state index in [4.69, 9.17) is 16.3 Å². The number of ether oxygens (including phenoxy) is 1. The Kier molecular flexibility index (Phi) is 3.94. The molecule has 0 radical (unpaired) electrons. The van der Waals surface area contributed by atoms with Crippen LogP contribution < -0.4 is 16.3 Å². The molecule has 0 saturated heterocycles. The van der Waals surface area contributed by atoms with Crippen molar-refractivity contribution in [3.8, 4) is 17.0 Å². The average molecular weight is 260 g/mol. The summed E-state index contributed by atoms with van der Waals surface area (Å²) >= 11 is 0. The number of nitrogens with two attached hydrogens (primary N) is 2. The van der Waals surface area contributed by atoms with Crippen LogP contribution in [0, 0.1) is 0 Å². The molecule has 5 heteroatoms. The third-order valence-corrected chi connectivity index (χ3v) is 2.94. The highest BCUT2D eigenvalue weighted by atomic mass is 16.5. The highest BCUT2D eigenvalue weighted by molar-refractivity contribution is 5.76. The largest absolute Gasteiger partial charge is 0.493 e. The molecular formula is C14H20N4O. The molecule has 0 bridgehead atoms. The van der Waals surface area contributed by atoms with Gasteiger partial charge in [0.15, 0.2) is 5.82 Å². The fourth-order valence-corrected chi connectivity index (χ4v) is 2.04. The number of para-hydroxylation sites is 1.